The molecule has 216 valence electrons. The van der Waals surface area contributed by atoms with Crippen molar-refractivity contribution in [1.29, 1.82) is 0 Å². The van der Waals surface area contributed by atoms with E-state index in [1.807, 2.05) is 85.8 Å². The molecular formula is C35H35NO6. The number of carbonyl (C=O) groups excluding carboxylic acids is 1. The number of nitrogens with zero attached hydrogens (tertiary/aromatic N) is 1. The highest BCUT2D eigenvalue weighted by Gasteiger charge is 2.42. The van der Waals surface area contributed by atoms with E-state index in [-0.39, 0.29) is 18.0 Å². The largest absolute Gasteiger partial charge is 0.489 e. The number of hydrogen-bond donors (Lipinski definition) is 0. The standard InChI is InChI=1S/C35H35NO6/c1-3-40-34(37)21-35(24-39-25-35)30-15-19-32(20-16-30)41-22-26-9-17-31(18-10-26)42-23-33(36-38-2)29-13-11-28(12-14-29)27-7-5-4-6-8-27/h4-20H,3,21-25H2,1-2H3. The third kappa shape index (κ3) is 7.17. The summed E-state index contributed by atoms with van der Waals surface area (Å²) in [5.74, 6) is 1.28. The quantitative estimate of drug-likeness (QED) is 0.104. The minimum Gasteiger partial charge on any atom is -0.489 e. The lowest BCUT2D eigenvalue weighted by Gasteiger charge is -2.41. The third-order valence-corrected chi connectivity index (χ3v) is 7.24. The van der Waals surface area contributed by atoms with E-state index in [1.54, 1.807) is 0 Å². The van der Waals surface area contributed by atoms with E-state index < -0.39 is 0 Å². The average molecular weight is 566 g/mol. The molecule has 4 aromatic rings. The molecule has 7 nitrogen and oxygen atoms in total. The van der Waals surface area contributed by atoms with Gasteiger partial charge in [-0.05, 0) is 53.4 Å². The third-order valence-electron chi connectivity index (χ3n) is 7.24. The van der Waals surface area contributed by atoms with E-state index >= 15 is 0 Å². The van der Waals surface area contributed by atoms with Crippen molar-refractivity contribution in [3.8, 4) is 22.6 Å². The Bertz CT molecular complexity index is 1460. The molecule has 1 aliphatic heterocycles. The van der Waals surface area contributed by atoms with Crippen LogP contribution in [0.15, 0.2) is 108 Å². The Morgan fingerprint density at radius 3 is 2.07 bits per heavy atom. The Hall–Kier alpha value is -4.62. The molecule has 0 spiro atoms. The van der Waals surface area contributed by atoms with E-state index in [4.69, 9.17) is 23.8 Å². The molecule has 0 aliphatic carbocycles. The number of benzene rings is 4. The van der Waals surface area contributed by atoms with E-state index in [1.165, 1.54) is 7.11 Å². The van der Waals surface area contributed by atoms with Gasteiger partial charge in [0.2, 0.25) is 0 Å². The molecule has 1 fully saturated rings. The minimum absolute atomic E-state index is 0.201. The summed E-state index contributed by atoms with van der Waals surface area (Å²) in [6.45, 7) is 3.90. The lowest BCUT2D eigenvalue weighted by atomic mass is 9.76. The van der Waals surface area contributed by atoms with Crippen molar-refractivity contribution in [3.63, 3.8) is 0 Å². The van der Waals surface area contributed by atoms with Gasteiger partial charge in [0.05, 0.1) is 31.7 Å². The van der Waals surface area contributed by atoms with E-state index in [9.17, 15) is 4.79 Å². The molecular weight excluding hydrogens is 530 g/mol. The first kappa shape index (κ1) is 28.9. The van der Waals surface area contributed by atoms with E-state index in [0.717, 1.165) is 39.3 Å². The molecule has 42 heavy (non-hydrogen) atoms. The molecule has 0 aromatic heterocycles. The summed E-state index contributed by atoms with van der Waals surface area (Å²) >= 11 is 0. The Labute approximate surface area is 246 Å². The van der Waals surface area contributed by atoms with Crippen LogP contribution < -0.4 is 9.47 Å². The Morgan fingerprint density at radius 1 is 0.810 bits per heavy atom. The second kappa shape index (κ2) is 13.8. The predicted octanol–water partition coefficient (Wildman–Crippen LogP) is 6.58. The van der Waals surface area contributed by atoms with Crippen LogP contribution in [0, 0.1) is 0 Å². The van der Waals surface area contributed by atoms with Crippen LogP contribution in [0.3, 0.4) is 0 Å². The molecule has 0 radical (unpaired) electrons. The fourth-order valence-corrected chi connectivity index (χ4v) is 4.87. The summed E-state index contributed by atoms with van der Waals surface area (Å²) in [5.41, 5.74) is 5.68. The maximum atomic E-state index is 12.1. The van der Waals surface area contributed by atoms with Crippen LogP contribution in [0.5, 0.6) is 11.5 Å². The number of rotatable bonds is 13. The van der Waals surface area contributed by atoms with Gasteiger partial charge in [0, 0.05) is 5.56 Å². The Balaban J connectivity index is 1.13. The molecule has 0 N–H and O–H groups in total. The van der Waals surface area contributed by atoms with Gasteiger partial charge in [0.25, 0.3) is 0 Å². The van der Waals surface area contributed by atoms with Crippen LogP contribution in [0.25, 0.3) is 11.1 Å². The van der Waals surface area contributed by atoms with Crippen LogP contribution in [0.1, 0.15) is 30.0 Å². The summed E-state index contributed by atoms with van der Waals surface area (Å²) in [7, 11) is 1.53. The first-order valence-electron chi connectivity index (χ1n) is 14.0. The lowest BCUT2D eigenvalue weighted by molar-refractivity contribution is -0.151. The molecule has 0 bridgehead atoms. The second-order valence-corrected chi connectivity index (χ2v) is 10.2. The zero-order valence-electron chi connectivity index (χ0n) is 24.0. The topological polar surface area (TPSA) is 75.6 Å². The van der Waals surface area contributed by atoms with Gasteiger partial charge >= 0.3 is 5.97 Å². The van der Waals surface area contributed by atoms with Gasteiger partial charge in [-0.15, -0.1) is 0 Å². The number of oxime groups is 1. The number of ether oxygens (including phenoxy) is 4. The Morgan fingerprint density at radius 2 is 1.45 bits per heavy atom. The molecule has 4 aromatic carbocycles. The summed E-state index contributed by atoms with van der Waals surface area (Å²) in [5, 5.41) is 4.19. The molecule has 5 rings (SSSR count). The SMILES string of the molecule is CCOC(=O)CC1(c2ccc(OCc3ccc(OCC(=NOC)c4ccc(-c5ccccc5)cc4)cc3)cc2)COC1. The van der Waals surface area contributed by atoms with Crippen molar-refractivity contribution in [2.45, 2.75) is 25.4 Å². The normalized spacial score (nSPS) is 14.0. The molecule has 1 aliphatic rings. The van der Waals surface area contributed by atoms with E-state index in [0.29, 0.717) is 38.6 Å². The summed E-state index contributed by atoms with van der Waals surface area (Å²) in [6, 6.07) is 34.1. The van der Waals surface area contributed by atoms with Crippen LogP contribution in [0.4, 0.5) is 0 Å². The predicted molar refractivity (Wildman–Crippen MR) is 162 cm³/mol. The van der Waals surface area contributed by atoms with Crippen molar-refractivity contribution < 1.29 is 28.6 Å². The molecule has 1 saturated heterocycles. The van der Waals surface area contributed by atoms with Crippen molar-refractivity contribution in [1.82, 2.24) is 0 Å². The smallest absolute Gasteiger partial charge is 0.306 e. The van der Waals surface area contributed by atoms with Crippen LogP contribution in [0.2, 0.25) is 0 Å². The van der Waals surface area contributed by atoms with Crippen molar-refractivity contribution in [3.05, 3.63) is 120 Å². The fourth-order valence-electron chi connectivity index (χ4n) is 4.87. The number of hydrogen-bond acceptors (Lipinski definition) is 7. The molecule has 0 unspecified atom stereocenters. The van der Waals surface area contributed by atoms with Gasteiger partial charge in [-0.1, -0.05) is 84.0 Å². The summed E-state index contributed by atoms with van der Waals surface area (Å²) in [6.07, 6.45) is 0.314. The van der Waals surface area contributed by atoms with Crippen molar-refractivity contribution in [2.24, 2.45) is 5.16 Å². The maximum Gasteiger partial charge on any atom is 0.306 e. The van der Waals surface area contributed by atoms with Crippen LogP contribution in [-0.2, 0) is 31.1 Å². The first-order chi connectivity index (χ1) is 20.6. The second-order valence-electron chi connectivity index (χ2n) is 10.2. The highest BCUT2D eigenvalue weighted by Crippen LogP contribution is 2.37. The van der Waals surface area contributed by atoms with Gasteiger partial charge in [-0.2, -0.15) is 0 Å². The van der Waals surface area contributed by atoms with Gasteiger partial charge in [-0.25, -0.2) is 0 Å². The fraction of sp³-hybridized carbons (Fsp3) is 0.257. The van der Waals surface area contributed by atoms with Crippen molar-refractivity contribution in [2.75, 3.05) is 33.5 Å². The summed E-state index contributed by atoms with van der Waals surface area (Å²) in [4.78, 5) is 17.2. The molecule has 0 saturated carbocycles. The molecule has 7 heteroatoms. The highest BCUT2D eigenvalue weighted by molar-refractivity contribution is 6.01. The first-order valence-corrected chi connectivity index (χ1v) is 14.0. The van der Waals surface area contributed by atoms with Crippen LogP contribution in [-0.4, -0.2) is 45.2 Å². The number of esters is 1. The lowest BCUT2D eigenvalue weighted by Crippen LogP contribution is -2.48. The van der Waals surface area contributed by atoms with Gasteiger partial charge < -0.3 is 23.8 Å². The van der Waals surface area contributed by atoms with E-state index in [2.05, 4.69) is 29.4 Å². The monoisotopic (exact) mass is 565 g/mol. The zero-order chi connectivity index (χ0) is 29.2. The molecule has 0 amide bonds. The molecule has 0 atom stereocenters. The van der Waals surface area contributed by atoms with Gasteiger partial charge in [-0.3, -0.25) is 4.79 Å². The minimum atomic E-state index is -0.319. The maximum absolute atomic E-state index is 12.1. The average Bonchev–Trinajstić information content (AvgIpc) is 3.01. The zero-order valence-corrected chi connectivity index (χ0v) is 24.0. The number of carbonyl (C=O) groups is 1. The molecule has 1 heterocycles. The Kier molecular flexibility index (Phi) is 9.51. The van der Waals surface area contributed by atoms with Crippen molar-refractivity contribution >= 4 is 11.7 Å². The summed E-state index contributed by atoms with van der Waals surface area (Å²) < 4.78 is 22.6. The van der Waals surface area contributed by atoms with Crippen LogP contribution >= 0.6 is 0 Å². The van der Waals surface area contributed by atoms with Gasteiger partial charge in [0.1, 0.15) is 37.5 Å². The van der Waals surface area contributed by atoms with Gasteiger partial charge in [0.15, 0.2) is 0 Å². The highest BCUT2D eigenvalue weighted by atomic mass is 16.6.